The van der Waals surface area contributed by atoms with Gasteiger partial charge in [-0.25, -0.2) is 0 Å². The number of Topliss-reactive ketones (excluding diaryl/α,β-unsaturated/α-hetero) is 1. The number of hydrogen-bond acceptors (Lipinski definition) is 5. The van der Waals surface area contributed by atoms with Gasteiger partial charge in [-0.15, -0.1) is 0 Å². The van der Waals surface area contributed by atoms with E-state index < -0.39 is 17.7 Å². The molecule has 0 bridgehead atoms. The summed E-state index contributed by atoms with van der Waals surface area (Å²) in [6.07, 6.45) is 1.65. The molecule has 2 saturated heterocycles. The van der Waals surface area contributed by atoms with E-state index in [1.165, 1.54) is 4.90 Å². The highest BCUT2D eigenvalue weighted by molar-refractivity contribution is 6.46. The van der Waals surface area contributed by atoms with Crippen LogP contribution in [0.5, 0.6) is 5.75 Å². The van der Waals surface area contributed by atoms with Crippen molar-refractivity contribution in [3.05, 3.63) is 82.4 Å². The predicted molar refractivity (Wildman–Crippen MR) is 134 cm³/mol. The lowest BCUT2D eigenvalue weighted by molar-refractivity contribution is -0.907. The zero-order valence-electron chi connectivity index (χ0n) is 19.8. The molecule has 0 unspecified atom stereocenters. The summed E-state index contributed by atoms with van der Waals surface area (Å²) in [5, 5.41) is 11.8. The first-order valence-corrected chi connectivity index (χ1v) is 12.1. The molecule has 2 heterocycles. The molecule has 2 aliphatic rings. The van der Waals surface area contributed by atoms with E-state index in [0.29, 0.717) is 49.2 Å². The van der Waals surface area contributed by atoms with Gasteiger partial charge in [0.25, 0.3) is 11.7 Å². The summed E-state index contributed by atoms with van der Waals surface area (Å²) in [4.78, 5) is 29.3. The van der Waals surface area contributed by atoms with Crippen molar-refractivity contribution < 1.29 is 29.1 Å². The van der Waals surface area contributed by atoms with Gasteiger partial charge < -0.3 is 24.4 Å². The summed E-state index contributed by atoms with van der Waals surface area (Å²) in [6, 6.07) is 11.5. The van der Waals surface area contributed by atoms with Crippen molar-refractivity contribution in [2.45, 2.75) is 13.0 Å². The number of carbonyl (C=O) groups is 2. The third kappa shape index (κ3) is 5.42. The van der Waals surface area contributed by atoms with Crippen LogP contribution in [0.1, 0.15) is 22.7 Å². The Labute approximate surface area is 210 Å². The normalized spacial score (nSPS) is 20.3. The Balaban J connectivity index is 1.71. The molecule has 0 aliphatic carbocycles. The quantitative estimate of drug-likeness (QED) is 0.253. The third-order valence-corrected chi connectivity index (χ3v) is 6.69. The minimum Gasteiger partial charge on any atom is -0.507 e. The van der Waals surface area contributed by atoms with E-state index in [4.69, 9.17) is 21.1 Å². The first-order valence-electron chi connectivity index (χ1n) is 11.7. The first-order chi connectivity index (χ1) is 16.9. The number of ether oxygens (including phenoxy) is 2. The van der Waals surface area contributed by atoms with E-state index in [1.54, 1.807) is 53.4 Å². The topological polar surface area (TPSA) is 80.5 Å². The van der Waals surface area contributed by atoms with E-state index >= 15 is 0 Å². The molecule has 8 heteroatoms. The van der Waals surface area contributed by atoms with E-state index in [2.05, 4.69) is 6.58 Å². The zero-order valence-corrected chi connectivity index (χ0v) is 20.5. The van der Waals surface area contributed by atoms with Crippen molar-refractivity contribution in [3.63, 3.8) is 0 Å². The van der Waals surface area contributed by atoms with Gasteiger partial charge >= 0.3 is 0 Å². The molecule has 2 aromatic rings. The maximum absolute atomic E-state index is 13.2. The first kappa shape index (κ1) is 25.0. The summed E-state index contributed by atoms with van der Waals surface area (Å²) in [6.45, 7) is 10.0. The monoisotopic (exact) mass is 497 g/mol. The van der Waals surface area contributed by atoms with Gasteiger partial charge in [-0.05, 0) is 48.4 Å². The van der Waals surface area contributed by atoms with Crippen LogP contribution in [0.2, 0.25) is 5.02 Å². The van der Waals surface area contributed by atoms with Gasteiger partial charge in [0.05, 0.1) is 37.9 Å². The average Bonchev–Trinajstić information content (AvgIpc) is 3.12. The number of quaternary nitrogens is 1. The van der Waals surface area contributed by atoms with Crippen LogP contribution in [0, 0.1) is 6.92 Å². The highest BCUT2D eigenvalue weighted by Gasteiger charge is 2.46. The Morgan fingerprint density at radius 2 is 1.94 bits per heavy atom. The molecule has 0 saturated carbocycles. The number of nitrogens with zero attached hydrogens (tertiary/aromatic N) is 1. The van der Waals surface area contributed by atoms with Crippen molar-refractivity contribution in [2.24, 2.45) is 0 Å². The Kier molecular flexibility index (Phi) is 7.90. The number of aliphatic hydroxyl groups excluding tert-OH is 1. The molecule has 2 N–H and O–H groups in total. The van der Waals surface area contributed by atoms with Crippen LogP contribution in [-0.4, -0.2) is 67.7 Å². The Morgan fingerprint density at radius 1 is 1.23 bits per heavy atom. The number of carbonyl (C=O) groups excluding carboxylic acids is 2. The summed E-state index contributed by atoms with van der Waals surface area (Å²) < 4.78 is 11.1. The Morgan fingerprint density at radius 3 is 2.60 bits per heavy atom. The van der Waals surface area contributed by atoms with Crippen LogP contribution >= 0.6 is 11.6 Å². The van der Waals surface area contributed by atoms with Crippen molar-refractivity contribution in [3.8, 4) is 5.75 Å². The smallest absolute Gasteiger partial charge is 0.295 e. The number of halogens is 1. The minimum atomic E-state index is -0.704. The predicted octanol–water partition coefficient (Wildman–Crippen LogP) is 2.55. The standard InChI is InChI=1S/C27H29ClN2O5/c1-3-14-35-22-9-6-20(17-18(22)2)25(31)23-24(19-4-7-21(28)8-5-19)30(27(33)26(23)32)11-10-29-12-15-34-16-13-29/h3-9,17,24,31H,1,10-16H2,2H3/p+1/t24-/m1/s1. The van der Waals surface area contributed by atoms with Crippen LogP contribution in [0.3, 0.4) is 0 Å². The van der Waals surface area contributed by atoms with Crippen LogP contribution in [0.15, 0.2) is 60.7 Å². The number of nitrogens with one attached hydrogen (secondary N) is 1. The van der Waals surface area contributed by atoms with Gasteiger partial charge in [-0.3, -0.25) is 9.59 Å². The SMILES string of the molecule is C=CCOc1ccc(C(O)=C2C(=O)C(=O)N(CC[NH+]3CCOCC3)[C@@H]2c2ccc(Cl)cc2)cc1C. The van der Waals surface area contributed by atoms with Gasteiger partial charge in [-0.2, -0.15) is 0 Å². The fourth-order valence-corrected chi connectivity index (χ4v) is 4.68. The number of hydrogen-bond donors (Lipinski definition) is 2. The second-order valence-electron chi connectivity index (χ2n) is 8.74. The van der Waals surface area contributed by atoms with E-state index in [-0.39, 0.29) is 11.3 Å². The van der Waals surface area contributed by atoms with Crippen LogP contribution in [-0.2, 0) is 14.3 Å². The Bertz CT molecular complexity index is 1140. The highest BCUT2D eigenvalue weighted by atomic mass is 35.5. The zero-order chi connectivity index (χ0) is 24.9. The van der Waals surface area contributed by atoms with Gasteiger partial charge in [0.2, 0.25) is 0 Å². The lowest BCUT2D eigenvalue weighted by Crippen LogP contribution is -3.14. The number of amides is 1. The molecule has 2 aromatic carbocycles. The number of likely N-dealkylation sites (tertiary alicyclic amines) is 1. The number of aliphatic hydroxyl groups is 1. The number of morpholine rings is 1. The number of aryl methyl sites for hydroxylation is 1. The fraction of sp³-hybridized carbons (Fsp3) is 0.333. The molecule has 2 fully saturated rings. The van der Waals surface area contributed by atoms with Crippen LogP contribution in [0.25, 0.3) is 5.76 Å². The number of ketones is 1. The molecule has 35 heavy (non-hydrogen) atoms. The highest BCUT2D eigenvalue weighted by Crippen LogP contribution is 2.39. The Hall–Kier alpha value is -3.13. The van der Waals surface area contributed by atoms with Crippen molar-refractivity contribution in [1.82, 2.24) is 4.90 Å². The molecule has 2 aliphatic heterocycles. The van der Waals surface area contributed by atoms with Gasteiger partial charge in [0.1, 0.15) is 31.2 Å². The second kappa shape index (κ2) is 11.1. The molecular weight excluding hydrogens is 468 g/mol. The maximum atomic E-state index is 13.2. The maximum Gasteiger partial charge on any atom is 0.295 e. The molecule has 1 atom stereocenters. The van der Waals surface area contributed by atoms with Crippen molar-refractivity contribution in [2.75, 3.05) is 46.0 Å². The van der Waals surface area contributed by atoms with E-state index in [1.807, 2.05) is 6.92 Å². The molecule has 7 nitrogen and oxygen atoms in total. The molecule has 184 valence electrons. The third-order valence-electron chi connectivity index (χ3n) is 6.44. The average molecular weight is 498 g/mol. The summed E-state index contributed by atoms with van der Waals surface area (Å²) in [5.74, 6) is -0.849. The van der Waals surface area contributed by atoms with Crippen molar-refractivity contribution in [1.29, 1.82) is 0 Å². The summed E-state index contributed by atoms with van der Waals surface area (Å²) >= 11 is 6.10. The molecular formula is C27H30ClN2O5+. The van der Waals surface area contributed by atoms with E-state index in [9.17, 15) is 14.7 Å². The number of benzene rings is 2. The minimum absolute atomic E-state index is 0.0773. The van der Waals surface area contributed by atoms with E-state index in [0.717, 1.165) is 24.2 Å². The van der Waals surface area contributed by atoms with Crippen molar-refractivity contribution >= 4 is 29.1 Å². The fourth-order valence-electron chi connectivity index (χ4n) is 4.55. The van der Waals surface area contributed by atoms with Crippen LogP contribution in [0.4, 0.5) is 0 Å². The number of rotatable bonds is 8. The molecule has 0 aromatic heterocycles. The molecule has 4 rings (SSSR count). The van der Waals surface area contributed by atoms with Gasteiger partial charge in [0.15, 0.2) is 0 Å². The molecule has 0 radical (unpaired) electrons. The molecule has 1 amide bonds. The molecule has 0 spiro atoms. The summed E-state index contributed by atoms with van der Waals surface area (Å²) in [5.41, 5.74) is 2.04. The van der Waals surface area contributed by atoms with Gasteiger partial charge in [0, 0.05) is 10.6 Å². The largest absolute Gasteiger partial charge is 0.507 e. The summed E-state index contributed by atoms with van der Waals surface area (Å²) in [7, 11) is 0. The van der Waals surface area contributed by atoms with Crippen LogP contribution < -0.4 is 9.64 Å². The lowest BCUT2D eigenvalue weighted by atomic mass is 9.95. The lowest BCUT2D eigenvalue weighted by Gasteiger charge is -2.29. The second-order valence-corrected chi connectivity index (χ2v) is 9.17. The van der Waals surface area contributed by atoms with Gasteiger partial charge in [-0.1, -0.05) is 36.4 Å².